The van der Waals surface area contributed by atoms with Gasteiger partial charge in [0.1, 0.15) is 11.6 Å². The number of para-hydroxylation sites is 1. The second-order valence-corrected chi connectivity index (χ2v) is 7.26. The third-order valence-electron chi connectivity index (χ3n) is 4.92. The lowest BCUT2D eigenvalue weighted by Crippen LogP contribution is -2.02. The quantitative estimate of drug-likeness (QED) is 0.425. The number of carbonyl (C=O) groups excluding carboxylic acids is 2. The van der Waals surface area contributed by atoms with Gasteiger partial charge in [-0.3, -0.25) is 14.6 Å². The first kappa shape index (κ1) is 18.2. The fraction of sp³-hybridized carbons (Fsp3) is 0.208. The molecule has 1 heterocycles. The SMILES string of the molecule is CC(=O)CC(=O)/C=C/c1c(C2CC2)nc2ccccc2c1-c1ccc(F)cc1. The second-order valence-electron chi connectivity index (χ2n) is 7.26. The Bertz CT molecular complexity index is 1100. The van der Waals surface area contributed by atoms with Crippen molar-refractivity contribution < 1.29 is 14.0 Å². The average molecular weight is 373 g/mol. The number of pyridine rings is 1. The second kappa shape index (κ2) is 7.47. The fourth-order valence-corrected chi connectivity index (χ4v) is 3.49. The van der Waals surface area contributed by atoms with Crippen LogP contribution in [0.3, 0.4) is 0 Å². The van der Waals surface area contributed by atoms with E-state index in [1.165, 1.54) is 25.1 Å². The molecule has 3 aromatic rings. The van der Waals surface area contributed by atoms with Crippen LogP contribution in [0, 0.1) is 5.82 Å². The van der Waals surface area contributed by atoms with Gasteiger partial charge in [-0.1, -0.05) is 30.3 Å². The molecule has 0 spiro atoms. The molecule has 0 N–H and O–H groups in total. The molecule has 0 unspecified atom stereocenters. The van der Waals surface area contributed by atoms with E-state index >= 15 is 0 Å². The van der Waals surface area contributed by atoms with Crippen LogP contribution in [0.25, 0.3) is 28.1 Å². The number of Topliss-reactive ketones (excluding diaryl/α,β-unsaturated/α-hetero) is 1. The Morgan fingerprint density at radius 2 is 1.82 bits per heavy atom. The van der Waals surface area contributed by atoms with Crippen molar-refractivity contribution in [2.75, 3.05) is 0 Å². The topological polar surface area (TPSA) is 47.0 Å². The van der Waals surface area contributed by atoms with E-state index in [9.17, 15) is 14.0 Å². The van der Waals surface area contributed by atoms with Crippen molar-refractivity contribution in [1.82, 2.24) is 4.98 Å². The van der Waals surface area contributed by atoms with Crippen molar-refractivity contribution >= 4 is 28.5 Å². The summed E-state index contributed by atoms with van der Waals surface area (Å²) in [4.78, 5) is 28.2. The zero-order valence-corrected chi connectivity index (χ0v) is 15.6. The van der Waals surface area contributed by atoms with Gasteiger partial charge in [0.2, 0.25) is 0 Å². The Morgan fingerprint density at radius 3 is 2.50 bits per heavy atom. The van der Waals surface area contributed by atoms with E-state index < -0.39 is 0 Å². The van der Waals surface area contributed by atoms with Crippen molar-refractivity contribution in [2.24, 2.45) is 0 Å². The molecule has 2 aromatic carbocycles. The van der Waals surface area contributed by atoms with Gasteiger partial charge in [0.25, 0.3) is 0 Å². The smallest absolute Gasteiger partial charge is 0.163 e. The molecular formula is C24H20FNO2. The number of benzene rings is 2. The molecule has 1 fully saturated rings. The molecule has 0 amide bonds. The zero-order chi connectivity index (χ0) is 19.7. The lowest BCUT2D eigenvalue weighted by atomic mass is 9.92. The summed E-state index contributed by atoms with van der Waals surface area (Å²) in [5.41, 5.74) is 4.55. The molecule has 0 bridgehead atoms. The Balaban J connectivity index is 1.94. The highest BCUT2D eigenvalue weighted by atomic mass is 19.1. The maximum atomic E-state index is 13.5. The largest absolute Gasteiger partial charge is 0.300 e. The Hall–Kier alpha value is -3.14. The highest BCUT2D eigenvalue weighted by molar-refractivity contribution is 6.07. The normalized spacial score (nSPS) is 13.9. The van der Waals surface area contributed by atoms with Gasteiger partial charge in [-0.2, -0.15) is 0 Å². The first-order valence-corrected chi connectivity index (χ1v) is 9.42. The number of hydrogen-bond acceptors (Lipinski definition) is 3. The number of aromatic nitrogens is 1. The highest BCUT2D eigenvalue weighted by Crippen LogP contribution is 2.45. The number of fused-ring (bicyclic) bond motifs is 1. The Kier molecular flexibility index (Phi) is 4.86. The van der Waals surface area contributed by atoms with Gasteiger partial charge in [0.05, 0.1) is 17.6 Å². The van der Waals surface area contributed by atoms with Crippen LogP contribution in [0.2, 0.25) is 0 Å². The molecule has 0 aliphatic heterocycles. The van der Waals surface area contributed by atoms with Crippen molar-refractivity contribution in [3.63, 3.8) is 0 Å². The third kappa shape index (κ3) is 3.77. The van der Waals surface area contributed by atoms with E-state index in [-0.39, 0.29) is 23.8 Å². The molecule has 0 saturated heterocycles. The fourth-order valence-electron chi connectivity index (χ4n) is 3.49. The number of allylic oxidation sites excluding steroid dienone is 1. The lowest BCUT2D eigenvalue weighted by Gasteiger charge is -2.15. The van der Waals surface area contributed by atoms with E-state index in [2.05, 4.69) is 0 Å². The molecule has 1 aliphatic rings. The minimum atomic E-state index is -0.293. The van der Waals surface area contributed by atoms with Crippen LogP contribution in [0.15, 0.2) is 54.6 Å². The summed E-state index contributed by atoms with van der Waals surface area (Å²) in [6, 6.07) is 14.3. The van der Waals surface area contributed by atoms with Gasteiger partial charge >= 0.3 is 0 Å². The van der Waals surface area contributed by atoms with Crippen LogP contribution in [0.1, 0.15) is 43.4 Å². The van der Waals surface area contributed by atoms with Crippen LogP contribution >= 0.6 is 0 Å². The number of hydrogen-bond donors (Lipinski definition) is 0. The molecule has 140 valence electrons. The van der Waals surface area contributed by atoms with E-state index in [1.807, 2.05) is 24.3 Å². The summed E-state index contributed by atoms with van der Waals surface area (Å²) in [7, 11) is 0. The summed E-state index contributed by atoms with van der Waals surface area (Å²) in [5.74, 6) is -0.315. The molecular weight excluding hydrogens is 353 g/mol. The van der Waals surface area contributed by atoms with E-state index in [0.717, 1.165) is 46.1 Å². The number of carbonyl (C=O) groups is 2. The standard InChI is InChI=1S/C24H20FNO2/c1-15(27)14-19(28)12-13-21-23(16-8-10-18(25)11-9-16)20-4-2-3-5-22(20)26-24(21)17-6-7-17/h2-5,8-13,17H,6-7,14H2,1H3/b13-12+. The minimum absolute atomic E-state index is 0.109. The van der Waals surface area contributed by atoms with Gasteiger partial charge in [0, 0.05) is 22.4 Å². The molecule has 1 aromatic heterocycles. The summed E-state index contributed by atoms with van der Waals surface area (Å²) < 4.78 is 13.5. The number of halogens is 1. The third-order valence-corrected chi connectivity index (χ3v) is 4.92. The first-order valence-electron chi connectivity index (χ1n) is 9.42. The predicted octanol–water partition coefficient (Wildman–Crippen LogP) is 5.48. The van der Waals surface area contributed by atoms with Crippen molar-refractivity contribution in [2.45, 2.75) is 32.1 Å². The highest BCUT2D eigenvalue weighted by Gasteiger charge is 2.29. The van der Waals surface area contributed by atoms with Crippen LogP contribution in [-0.4, -0.2) is 16.6 Å². The van der Waals surface area contributed by atoms with Crippen molar-refractivity contribution in [1.29, 1.82) is 0 Å². The number of rotatable bonds is 6. The maximum absolute atomic E-state index is 13.5. The Labute approximate surface area is 162 Å². The summed E-state index contributed by atoms with van der Waals surface area (Å²) in [6.45, 7) is 1.41. The van der Waals surface area contributed by atoms with Gasteiger partial charge in [-0.25, -0.2) is 4.39 Å². The van der Waals surface area contributed by atoms with E-state index in [4.69, 9.17) is 4.98 Å². The molecule has 1 saturated carbocycles. The van der Waals surface area contributed by atoms with Crippen LogP contribution in [-0.2, 0) is 9.59 Å². The zero-order valence-electron chi connectivity index (χ0n) is 15.6. The van der Waals surface area contributed by atoms with Gasteiger partial charge in [-0.05, 0) is 55.7 Å². The van der Waals surface area contributed by atoms with Crippen molar-refractivity contribution in [3.8, 4) is 11.1 Å². The molecule has 1 aliphatic carbocycles. The first-order chi connectivity index (χ1) is 13.5. The summed E-state index contributed by atoms with van der Waals surface area (Å²) in [6.07, 6.45) is 5.26. The molecule has 4 heteroatoms. The molecule has 28 heavy (non-hydrogen) atoms. The van der Waals surface area contributed by atoms with Crippen LogP contribution in [0.4, 0.5) is 4.39 Å². The monoisotopic (exact) mass is 373 g/mol. The van der Waals surface area contributed by atoms with Crippen molar-refractivity contribution in [3.05, 3.63) is 71.7 Å². The molecule has 4 rings (SSSR count). The summed E-state index contributed by atoms with van der Waals surface area (Å²) in [5, 5.41) is 0.956. The summed E-state index contributed by atoms with van der Waals surface area (Å²) >= 11 is 0. The number of nitrogens with zero attached hydrogens (tertiary/aromatic N) is 1. The van der Waals surface area contributed by atoms with Crippen LogP contribution < -0.4 is 0 Å². The van der Waals surface area contributed by atoms with Crippen LogP contribution in [0.5, 0.6) is 0 Å². The Morgan fingerprint density at radius 1 is 1.11 bits per heavy atom. The number of ketones is 2. The maximum Gasteiger partial charge on any atom is 0.163 e. The molecule has 3 nitrogen and oxygen atoms in total. The molecule has 0 atom stereocenters. The molecule has 0 radical (unpaired) electrons. The lowest BCUT2D eigenvalue weighted by molar-refractivity contribution is -0.123. The van der Waals surface area contributed by atoms with E-state index in [1.54, 1.807) is 18.2 Å². The van der Waals surface area contributed by atoms with Gasteiger partial charge < -0.3 is 0 Å². The predicted molar refractivity (Wildman–Crippen MR) is 108 cm³/mol. The van der Waals surface area contributed by atoms with Gasteiger partial charge in [0.15, 0.2) is 5.78 Å². The van der Waals surface area contributed by atoms with Gasteiger partial charge in [-0.15, -0.1) is 0 Å². The average Bonchev–Trinajstić information content (AvgIpc) is 3.51. The minimum Gasteiger partial charge on any atom is -0.300 e. The van der Waals surface area contributed by atoms with E-state index in [0.29, 0.717) is 5.92 Å².